The van der Waals surface area contributed by atoms with Crippen LogP contribution in [0.5, 0.6) is 0 Å². The van der Waals surface area contributed by atoms with E-state index in [1.54, 1.807) is 15.9 Å². The van der Waals surface area contributed by atoms with Crippen LogP contribution >= 0.6 is 27.3 Å². The van der Waals surface area contributed by atoms with Gasteiger partial charge in [-0.3, -0.25) is 4.57 Å². The van der Waals surface area contributed by atoms with Gasteiger partial charge in [-0.25, -0.2) is 4.79 Å². The van der Waals surface area contributed by atoms with Crippen molar-refractivity contribution in [2.45, 2.75) is 26.9 Å². The van der Waals surface area contributed by atoms with Gasteiger partial charge in [-0.2, -0.15) is 4.98 Å². The Balaban J connectivity index is 1.88. The third-order valence-electron chi connectivity index (χ3n) is 2.78. The lowest BCUT2D eigenvalue weighted by Crippen LogP contribution is -2.30. The van der Waals surface area contributed by atoms with Gasteiger partial charge in [-0.1, -0.05) is 0 Å². The minimum atomic E-state index is -0.168. The highest BCUT2D eigenvalue weighted by Crippen LogP contribution is 2.19. The molecule has 0 aliphatic carbocycles. The molecule has 0 atom stereocenters. The molecule has 0 fully saturated rings. The summed E-state index contributed by atoms with van der Waals surface area (Å²) in [6.45, 7) is 5.99. The number of hydrogen-bond acceptors (Lipinski definition) is 4. The summed E-state index contributed by atoms with van der Waals surface area (Å²) in [5, 5.41) is 5.40. The van der Waals surface area contributed by atoms with E-state index in [0.717, 1.165) is 29.0 Å². The van der Waals surface area contributed by atoms with Crippen molar-refractivity contribution < 1.29 is 0 Å². The first kappa shape index (κ1) is 14.4. The molecule has 0 saturated heterocycles. The highest BCUT2D eigenvalue weighted by Gasteiger charge is 2.02. The lowest BCUT2D eigenvalue weighted by atomic mass is 10.3. The Morgan fingerprint density at radius 1 is 1.42 bits per heavy atom. The van der Waals surface area contributed by atoms with E-state index in [0.29, 0.717) is 6.54 Å². The fourth-order valence-electron chi connectivity index (χ4n) is 1.90. The van der Waals surface area contributed by atoms with E-state index >= 15 is 0 Å². The molecule has 2 aromatic heterocycles. The third-order valence-corrected chi connectivity index (χ3v) is 4.48. The number of aromatic nitrogens is 2. The number of nitrogens with zero attached hydrogens (tertiary/aromatic N) is 2. The van der Waals surface area contributed by atoms with Crippen LogP contribution in [0.3, 0.4) is 0 Å². The molecule has 0 bridgehead atoms. The maximum absolute atomic E-state index is 11.7. The first-order valence-electron chi connectivity index (χ1n) is 6.05. The maximum Gasteiger partial charge on any atom is 0.347 e. The van der Waals surface area contributed by atoms with Crippen LogP contribution in [-0.4, -0.2) is 16.1 Å². The Morgan fingerprint density at radius 2 is 2.21 bits per heavy atom. The largest absolute Gasteiger partial charge is 0.347 e. The van der Waals surface area contributed by atoms with Gasteiger partial charge in [0.25, 0.3) is 0 Å². The molecule has 0 saturated carbocycles. The van der Waals surface area contributed by atoms with Crippen molar-refractivity contribution in [3.05, 3.63) is 48.7 Å². The first-order chi connectivity index (χ1) is 9.06. The Morgan fingerprint density at radius 3 is 2.84 bits per heavy atom. The molecular formula is C13H16BrN3OS. The van der Waals surface area contributed by atoms with Crippen LogP contribution in [0, 0.1) is 13.8 Å². The van der Waals surface area contributed by atoms with Crippen LogP contribution in [0.25, 0.3) is 0 Å². The Kier molecular flexibility index (Phi) is 4.90. The van der Waals surface area contributed by atoms with E-state index in [-0.39, 0.29) is 5.69 Å². The van der Waals surface area contributed by atoms with E-state index in [9.17, 15) is 4.79 Å². The smallest absolute Gasteiger partial charge is 0.310 e. The van der Waals surface area contributed by atoms with Crippen LogP contribution in [0.4, 0.5) is 0 Å². The van der Waals surface area contributed by atoms with Crippen LogP contribution in [0.2, 0.25) is 0 Å². The van der Waals surface area contributed by atoms with Gasteiger partial charge in [0, 0.05) is 45.8 Å². The van der Waals surface area contributed by atoms with Gasteiger partial charge in [-0.15, -0.1) is 11.3 Å². The normalized spacial score (nSPS) is 10.9. The highest BCUT2D eigenvalue weighted by molar-refractivity contribution is 9.10. The molecule has 0 spiro atoms. The Bertz CT molecular complexity index is 621. The molecule has 0 amide bonds. The van der Waals surface area contributed by atoms with E-state index < -0.39 is 0 Å². The summed E-state index contributed by atoms with van der Waals surface area (Å²) in [5.41, 5.74) is 1.56. The molecule has 0 aliphatic rings. The quantitative estimate of drug-likeness (QED) is 0.850. The maximum atomic E-state index is 11.7. The van der Waals surface area contributed by atoms with Crippen molar-refractivity contribution in [1.82, 2.24) is 14.9 Å². The molecule has 2 heterocycles. The lowest BCUT2D eigenvalue weighted by Gasteiger charge is -2.10. The fraction of sp³-hybridized carbons (Fsp3) is 0.385. The zero-order valence-corrected chi connectivity index (χ0v) is 13.3. The van der Waals surface area contributed by atoms with E-state index in [2.05, 4.69) is 37.7 Å². The molecule has 6 heteroatoms. The summed E-state index contributed by atoms with van der Waals surface area (Å²) >= 11 is 5.15. The second kappa shape index (κ2) is 6.45. The van der Waals surface area contributed by atoms with Crippen molar-refractivity contribution in [2.24, 2.45) is 0 Å². The molecule has 1 N–H and O–H groups in total. The average molecular weight is 342 g/mol. The van der Waals surface area contributed by atoms with Gasteiger partial charge in [0.1, 0.15) is 0 Å². The molecular weight excluding hydrogens is 326 g/mol. The van der Waals surface area contributed by atoms with Crippen LogP contribution in [0.1, 0.15) is 16.3 Å². The monoisotopic (exact) mass is 341 g/mol. The van der Waals surface area contributed by atoms with Crippen LogP contribution in [-0.2, 0) is 13.1 Å². The van der Waals surface area contributed by atoms with Gasteiger partial charge in [0.15, 0.2) is 0 Å². The summed E-state index contributed by atoms with van der Waals surface area (Å²) < 4.78 is 2.81. The molecule has 0 radical (unpaired) electrons. The molecule has 0 aromatic carbocycles. The number of thiophene rings is 1. The summed E-state index contributed by atoms with van der Waals surface area (Å²) in [5.74, 6) is 0. The molecule has 0 aliphatic heterocycles. The Hall–Kier alpha value is -0.980. The predicted molar refractivity (Wildman–Crippen MR) is 81.7 cm³/mol. The van der Waals surface area contributed by atoms with Gasteiger partial charge < -0.3 is 5.32 Å². The summed E-state index contributed by atoms with van der Waals surface area (Å²) in [6.07, 6.45) is 0. The molecule has 2 rings (SSSR count). The van der Waals surface area contributed by atoms with E-state index in [1.807, 2.05) is 19.9 Å². The highest BCUT2D eigenvalue weighted by atomic mass is 79.9. The zero-order chi connectivity index (χ0) is 13.8. The fourth-order valence-corrected chi connectivity index (χ4v) is 3.32. The van der Waals surface area contributed by atoms with Crippen molar-refractivity contribution in [1.29, 1.82) is 0 Å². The summed E-state index contributed by atoms with van der Waals surface area (Å²) in [6, 6.07) is 4.03. The number of rotatable bonds is 5. The van der Waals surface area contributed by atoms with Crippen molar-refractivity contribution in [2.75, 3.05) is 6.54 Å². The number of hydrogen-bond donors (Lipinski definition) is 1. The number of aryl methyl sites for hydroxylation is 2. The number of halogens is 1. The molecule has 19 heavy (non-hydrogen) atoms. The molecule has 0 unspecified atom stereocenters. The summed E-state index contributed by atoms with van der Waals surface area (Å²) in [7, 11) is 0. The SMILES string of the molecule is Cc1cc(C)n(CCNCc2cc(Br)cs2)c(=O)n1. The number of nitrogens with one attached hydrogen (secondary N) is 1. The Labute approximate surface area is 124 Å². The molecule has 2 aromatic rings. The van der Waals surface area contributed by atoms with Crippen molar-refractivity contribution >= 4 is 27.3 Å². The van der Waals surface area contributed by atoms with Gasteiger partial charge in [0.2, 0.25) is 0 Å². The van der Waals surface area contributed by atoms with E-state index in [1.165, 1.54) is 4.88 Å². The average Bonchev–Trinajstić information content (AvgIpc) is 2.73. The predicted octanol–water partition coefficient (Wildman–Crippen LogP) is 2.47. The first-order valence-corrected chi connectivity index (χ1v) is 7.72. The second-order valence-corrected chi connectivity index (χ2v) is 6.29. The lowest BCUT2D eigenvalue weighted by molar-refractivity contribution is 0.565. The van der Waals surface area contributed by atoms with Gasteiger partial charge in [-0.05, 0) is 41.9 Å². The van der Waals surface area contributed by atoms with Crippen LogP contribution in [0.15, 0.2) is 26.8 Å². The third kappa shape index (κ3) is 3.99. The van der Waals surface area contributed by atoms with Crippen molar-refractivity contribution in [3.8, 4) is 0 Å². The zero-order valence-electron chi connectivity index (χ0n) is 10.9. The summed E-state index contributed by atoms with van der Waals surface area (Å²) in [4.78, 5) is 17.0. The minimum Gasteiger partial charge on any atom is -0.310 e. The molecule has 4 nitrogen and oxygen atoms in total. The second-order valence-electron chi connectivity index (χ2n) is 4.38. The van der Waals surface area contributed by atoms with E-state index in [4.69, 9.17) is 0 Å². The van der Waals surface area contributed by atoms with Gasteiger partial charge in [0.05, 0.1) is 0 Å². The topological polar surface area (TPSA) is 46.9 Å². The van der Waals surface area contributed by atoms with Crippen molar-refractivity contribution in [3.63, 3.8) is 0 Å². The van der Waals surface area contributed by atoms with Crippen LogP contribution < -0.4 is 11.0 Å². The minimum absolute atomic E-state index is 0.168. The standard InChI is InChI=1S/C13H16BrN3OS/c1-9-5-10(2)17(13(18)16-9)4-3-15-7-12-6-11(14)8-19-12/h5-6,8,15H,3-4,7H2,1-2H3. The molecule has 102 valence electrons. The van der Waals surface area contributed by atoms with Gasteiger partial charge >= 0.3 is 5.69 Å².